The third kappa shape index (κ3) is 1.98. The van der Waals surface area contributed by atoms with Gasteiger partial charge < -0.3 is 5.11 Å². The van der Waals surface area contributed by atoms with Crippen molar-refractivity contribution in [1.29, 1.82) is 0 Å². The maximum absolute atomic E-state index is 13.4. The molecule has 0 atom stereocenters. The summed E-state index contributed by atoms with van der Waals surface area (Å²) in [5.74, 6) is -1.55. The summed E-state index contributed by atoms with van der Waals surface area (Å²) in [6.07, 6.45) is 0. The van der Waals surface area contributed by atoms with Gasteiger partial charge in [-0.15, -0.1) is 11.3 Å². The van der Waals surface area contributed by atoms with Gasteiger partial charge in [-0.05, 0) is 28.1 Å². The molecule has 1 aromatic carbocycles. The number of rotatable bonds is 2. The first kappa shape index (κ1) is 11.2. The van der Waals surface area contributed by atoms with Gasteiger partial charge in [-0.25, -0.2) is 14.2 Å². The van der Waals surface area contributed by atoms with E-state index in [1.165, 1.54) is 6.07 Å². The molecule has 0 fully saturated rings. The predicted octanol–water partition coefficient (Wildman–Crippen LogP) is 3.41. The minimum absolute atomic E-state index is 0.0942. The molecule has 0 bridgehead atoms. The van der Waals surface area contributed by atoms with Crippen LogP contribution in [0, 0.1) is 5.82 Å². The topological polar surface area (TPSA) is 50.2 Å². The molecular formula is C10H5BrFNO2S. The molecular weight excluding hydrogens is 297 g/mol. The molecule has 3 nitrogen and oxygen atoms in total. The Morgan fingerprint density at radius 3 is 2.69 bits per heavy atom. The van der Waals surface area contributed by atoms with Crippen LogP contribution >= 0.6 is 27.3 Å². The van der Waals surface area contributed by atoms with Crippen molar-refractivity contribution in [2.45, 2.75) is 0 Å². The van der Waals surface area contributed by atoms with E-state index < -0.39 is 11.8 Å². The van der Waals surface area contributed by atoms with Crippen molar-refractivity contribution in [3.63, 3.8) is 0 Å². The van der Waals surface area contributed by atoms with E-state index in [1.54, 1.807) is 18.2 Å². The number of thiazole rings is 1. The van der Waals surface area contributed by atoms with Crippen LogP contribution in [0.5, 0.6) is 0 Å². The van der Waals surface area contributed by atoms with Crippen molar-refractivity contribution >= 4 is 33.2 Å². The van der Waals surface area contributed by atoms with Gasteiger partial charge in [0.1, 0.15) is 14.6 Å². The molecule has 0 aliphatic rings. The van der Waals surface area contributed by atoms with Crippen molar-refractivity contribution in [2.24, 2.45) is 0 Å². The van der Waals surface area contributed by atoms with Crippen LogP contribution in [0.15, 0.2) is 28.1 Å². The van der Waals surface area contributed by atoms with E-state index in [0.717, 1.165) is 11.3 Å². The Morgan fingerprint density at radius 1 is 1.44 bits per heavy atom. The van der Waals surface area contributed by atoms with Gasteiger partial charge >= 0.3 is 5.97 Å². The number of halogens is 2. The second-order valence-electron chi connectivity index (χ2n) is 2.93. The molecule has 0 spiro atoms. The van der Waals surface area contributed by atoms with Gasteiger partial charge in [-0.3, -0.25) is 0 Å². The Hall–Kier alpha value is -1.27. The highest BCUT2D eigenvalue weighted by molar-refractivity contribution is 9.11. The first-order valence-electron chi connectivity index (χ1n) is 4.24. The minimum Gasteiger partial charge on any atom is -0.476 e. The average molecular weight is 302 g/mol. The van der Waals surface area contributed by atoms with Gasteiger partial charge in [-0.2, -0.15) is 0 Å². The lowest BCUT2D eigenvalue weighted by Crippen LogP contribution is -1.97. The van der Waals surface area contributed by atoms with Gasteiger partial charge in [0.05, 0.1) is 0 Å². The largest absolute Gasteiger partial charge is 0.476 e. The Balaban J connectivity index is 2.54. The fraction of sp³-hybridized carbons (Fsp3) is 0. The number of carboxylic acid groups (broad SMARTS) is 1. The van der Waals surface area contributed by atoms with Crippen LogP contribution in [0.25, 0.3) is 10.6 Å². The zero-order valence-electron chi connectivity index (χ0n) is 7.78. The molecule has 0 aliphatic heterocycles. The zero-order valence-corrected chi connectivity index (χ0v) is 10.2. The van der Waals surface area contributed by atoms with E-state index in [0.29, 0.717) is 14.4 Å². The summed E-state index contributed by atoms with van der Waals surface area (Å²) in [4.78, 5) is 14.6. The number of aromatic nitrogens is 1. The van der Waals surface area contributed by atoms with Gasteiger partial charge in [0.15, 0.2) is 5.69 Å². The maximum Gasteiger partial charge on any atom is 0.356 e. The van der Waals surface area contributed by atoms with Crippen molar-refractivity contribution in [1.82, 2.24) is 4.98 Å². The van der Waals surface area contributed by atoms with Crippen LogP contribution in [0.2, 0.25) is 0 Å². The van der Waals surface area contributed by atoms with E-state index in [9.17, 15) is 9.18 Å². The third-order valence-electron chi connectivity index (χ3n) is 1.89. The van der Waals surface area contributed by atoms with Crippen LogP contribution in [0.4, 0.5) is 4.39 Å². The van der Waals surface area contributed by atoms with Crippen LogP contribution in [0.3, 0.4) is 0 Å². The molecule has 82 valence electrons. The summed E-state index contributed by atoms with van der Waals surface area (Å²) in [6, 6.07) is 6.12. The van der Waals surface area contributed by atoms with Gasteiger partial charge in [0, 0.05) is 5.56 Å². The molecule has 1 heterocycles. The second kappa shape index (κ2) is 4.31. The van der Waals surface area contributed by atoms with Crippen LogP contribution < -0.4 is 0 Å². The summed E-state index contributed by atoms with van der Waals surface area (Å²) in [7, 11) is 0. The number of carboxylic acids is 1. The van der Waals surface area contributed by atoms with E-state index in [1.807, 2.05) is 0 Å². The number of carbonyl (C=O) groups is 1. The predicted molar refractivity (Wildman–Crippen MR) is 62.2 cm³/mol. The van der Waals surface area contributed by atoms with Crippen LogP contribution in [-0.4, -0.2) is 16.1 Å². The molecule has 0 amide bonds. The SMILES string of the molecule is O=C(O)c1nc(-c2ccccc2F)sc1Br. The number of hydrogen-bond acceptors (Lipinski definition) is 3. The van der Waals surface area contributed by atoms with Gasteiger partial charge in [0.25, 0.3) is 0 Å². The van der Waals surface area contributed by atoms with E-state index in [4.69, 9.17) is 5.11 Å². The van der Waals surface area contributed by atoms with E-state index >= 15 is 0 Å². The van der Waals surface area contributed by atoms with Crippen LogP contribution in [0.1, 0.15) is 10.5 Å². The molecule has 0 saturated heterocycles. The first-order chi connectivity index (χ1) is 7.59. The molecule has 0 aliphatic carbocycles. The fourth-order valence-corrected chi connectivity index (χ4v) is 2.71. The summed E-state index contributed by atoms with van der Waals surface area (Å²) < 4.78 is 13.8. The Bertz CT molecular complexity index is 556. The number of hydrogen-bond donors (Lipinski definition) is 1. The van der Waals surface area contributed by atoms with Crippen molar-refractivity contribution < 1.29 is 14.3 Å². The van der Waals surface area contributed by atoms with Gasteiger partial charge in [0.2, 0.25) is 0 Å². The van der Waals surface area contributed by atoms with Crippen molar-refractivity contribution in [3.05, 3.63) is 39.6 Å². The molecule has 0 unspecified atom stereocenters. The Labute approximate surface area is 103 Å². The third-order valence-corrected chi connectivity index (χ3v) is 3.63. The molecule has 0 saturated carbocycles. The number of benzene rings is 1. The van der Waals surface area contributed by atoms with E-state index in [2.05, 4.69) is 20.9 Å². The van der Waals surface area contributed by atoms with Crippen molar-refractivity contribution in [3.8, 4) is 10.6 Å². The lowest BCUT2D eigenvalue weighted by molar-refractivity contribution is 0.0690. The van der Waals surface area contributed by atoms with Gasteiger partial charge in [-0.1, -0.05) is 12.1 Å². The molecule has 0 radical (unpaired) electrons. The van der Waals surface area contributed by atoms with E-state index in [-0.39, 0.29) is 5.69 Å². The highest BCUT2D eigenvalue weighted by Crippen LogP contribution is 2.33. The average Bonchev–Trinajstić information content (AvgIpc) is 2.61. The zero-order chi connectivity index (χ0) is 11.7. The monoisotopic (exact) mass is 301 g/mol. The summed E-state index contributed by atoms with van der Waals surface area (Å²) in [6.45, 7) is 0. The first-order valence-corrected chi connectivity index (χ1v) is 5.85. The highest BCUT2D eigenvalue weighted by Gasteiger charge is 2.17. The summed E-state index contributed by atoms with van der Waals surface area (Å²) in [5, 5.41) is 9.17. The Kier molecular flexibility index (Phi) is 3.02. The minimum atomic E-state index is -1.13. The smallest absolute Gasteiger partial charge is 0.356 e. The van der Waals surface area contributed by atoms with Crippen molar-refractivity contribution in [2.75, 3.05) is 0 Å². The lowest BCUT2D eigenvalue weighted by atomic mass is 10.2. The molecule has 2 aromatic rings. The summed E-state index contributed by atoms with van der Waals surface area (Å²) >= 11 is 4.19. The fourth-order valence-electron chi connectivity index (χ4n) is 1.18. The van der Waals surface area contributed by atoms with Crippen LogP contribution in [-0.2, 0) is 0 Å². The molecule has 16 heavy (non-hydrogen) atoms. The molecule has 1 N–H and O–H groups in total. The lowest BCUT2D eigenvalue weighted by Gasteiger charge is -1.96. The Morgan fingerprint density at radius 2 is 2.12 bits per heavy atom. The highest BCUT2D eigenvalue weighted by atomic mass is 79.9. The second-order valence-corrected chi connectivity index (χ2v) is 5.24. The molecule has 1 aromatic heterocycles. The molecule has 6 heteroatoms. The summed E-state index contributed by atoms with van der Waals surface area (Å²) in [5.41, 5.74) is 0.212. The number of aromatic carboxylic acids is 1. The standard InChI is InChI=1S/C10H5BrFNO2S/c11-8-7(10(14)15)13-9(16-8)5-3-1-2-4-6(5)12/h1-4H,(H,14,15). The maximum atomic E-state index is 13.4. The number of nitrogens with zero attached hydrogens (tertiary/aromatic N) is 1. The molecule has 2 rings (SSSR count). The normalized spacial score (nSPS) is 10.4. The quantitative estimate of drug-likeness (QED) is 0.925.